The van der Waals surface area contributed by atoms with Crippen molar-refractivity contribution >= 4 is 17.4 Å². The first-order valence-corrected chi connectivity index (χ1v) is 4.84. The molecule has 0 fully saturated rings. The molecular formula is C9H12FNOS. The molecule has 2 nitrogen and oxygen atoms in total. The molecule has 0 saturated heterocycles. The van der Waals surface area contributed by atoms with Gasteiger partial charge in [-0.3, -0.25) is 0 Å². The molecule has 4 heteroatoms. The van der Waals surface area contributed by atoms with Gasteiger partial charge in [-0.1, -0.05) is 6.92 Å². The zero-order valence-corrected chi connectivity index (χ0v) is 8.14. The minimum absolute atomic E-state index is 0.0316. The average Bonchev–Trinajstić information content (AvgIpc) is 2.11. The van der Waals surface area contributed by atoms with Gasteiger partial charge in [0, 0.05) is 15.8 Å². The van der Waals surface area contributed by atoms with Crippen LogP contribution in [0.15, 0.2) is 23.1 Å². The van der Waals surface area contributed by atoms with Crippen LogP contribution in [-0.4, -0.2) is 17.0 Å². The summed E-state index contributed by atoms with van der Waals surface area (Å²) in [5, 5.41) is 8.83. The molecule has 0 aromatic heterocycles. The first kappa shape index (κ1) is 10.3. The molecule has 1 atom stereocenters. The van der Waals surface area contributed by atoms with Gasteiger partial charge in [-0.15, -0.1) is 11.8 Å². The summed E-state index contributed by atoms with van der Waals surface area (Å²) >= 11 is 1.37. The number of aliphatic hydroxyl groups is 1. The Morgan fingerprint density at radius 2 is 2.31 bits per heavy atom. The van der Waals surface area contributed by atoms with E-state index in [2.05, 4.69) is 0 Å². The van der Waals surface area contributed by atoms with Gasteiger partial charge in [-0.05, 0) is 18.2 Å². The minimum atomic E-state index is -0.304. The molecule has 0 amide bonds. The molecule has 0 bridgehead atoms. The van der Waals surface area contributed by atoms with E-state index in [-0.39, 0.29) is 17.7 Å². The van der Waals surface area contributed by atoms with Crippen molar-refractivity contribution in [3.05, 3.63) is 24.0 Å². The molecule has 0 heterocycles. The molecule has 0 aliphatic carbocycles. The van der Waals surface area contributed by atoms with Gasteiger partial charge in [0.2, 0.25) is 0 Å². The maximum Gasteiger partial charge on any atom is 0.124 e. The predicted molar refractivity (Wildman–Crippen MR) is 53.2 cm³/mol. The summed E-state index contributed by atoms with van der Waals surface area (Å²) < 4.78 is 12.8. The topological polar surface area (TPSA) is 46.2 Å². The van der Waals surface area contributed by atoms with Crippen LogP contribution < -0.4 is 5.73 Å². The van der Waals surface area contributed by atoms with Crippen molar-refractivity contribution in [3.63, 3.8) is 0 Å². The number of thioether (sulfide) groups is 1. The zero-order valence-electron chi connectivity index (χ0n) is 7.33. The maximum absolute atomic E-state index is 12.8. The van der Waals surface area contributed by atoms with Crippen LogP contribution in [0.5, 0.6) is 0 Å². The molecule has 0 spiro atoms. The quantitative estimate of drug-likeness (QED) is 0.580. The van der Waals surface area contributed by atoms with E-state index in [0.717, 1.165) is 0 Å². The normalized spacial score (nSPS) is 12.8. The number of rotatable bonds is 3. The third-order valence-corrected chi connectivity index (χ3v) is 2.72. The first-order chi connectivity index (χ1) is 6.13. The van der Waals surface area contributed by atoms with E-state index >= 15 is 0 Å². The molecule has 1 aromatic rings. The van der Waals surface area contributed by atoms with Crippen LogP contribution in [0.2, 0.25) is 0 Å². The van der Waals surface area contributed by atoms with Gasteiger partial charge in [-0.2, -0.15) is 0 Å². The summed E-state index contributed by atoms with van der Waals surface area (Å²) in [5.41, 5.74) is 6.17. The lowest BCUT2D eigenvalue weighted by molar-refractivity contribution is 0.300. The number of hydrogen-bond donors (Lipinski definition) is 2. The van der Waals surface area contributed by atoms with Crippen molar-refractivity contribution in [2.75, 3.05) is 12.3 Å². The summed E-state index contributed by atoms with van der Waals surface area (Å²) in [6, 6.07) is 4.23. The first-order valence-electron chi connectivity index (χ1n) is 3.96. The Labute approximate surface area is 80.9 Å². The fourth-order valence-corrected chi connectivity index (χ4v) is 1.76. The van der Waals surface area contributed by atoms with Crippen molar-refractivity contribution in [3.8, 4) is 0 Å². The number of halogens is 1. The van der Waals surface area contributed by atoms with E-state index < -0.39 is 0 Å². The molecule has 13 heavy (non-hydrogen) atoms. The summed E-state index contributed by atoms with van der Waals surface area (Å²) in [6.45, 7) is 1.91. The third kappa shape index (κ3) is 2.90. The lowest BCUT2D eigenvalue weighted by atomic mass is 10.3. The standard InChI is InChI=1S/C9H12FNOS/c1-6(5-12)13-9-4-7(10)2-3-8(9)11/h2-4,6,12H,5,11H2,1H3. The van der Waals surface area contributed by atoms with Crippen LogP contribution in [0.1, 0.15) is 6.92 Å². The number of hydrogen-bond acceptors (Lipinski definition) is 3. The molecular weight excluding hydrogens is 189 g/mol. The van der Waals surface area contributed by atoms with Crippen LogP contribution >= 0.6 is 11.8 Å². The smallest absolute Gasteiger partial charge is 0.124 e. The van der Waals surface area contributed by atoms with Crippen molar-refractivity contribution < 1.29 is 9.50 Å². The van der Waals surface area contributed by atoms with Gasteiger partial charge in [0.1, 0.15) is 5.82 Å². The number of anilines is 1. The van der Waals surface area contributed by atoms with Gasteiger partial charge in [0.05, 0.1) is 6.61 Å². The van der Waals surface area contributed by atoms with Crippen molar-refractivity contribution in [1.29, 1.82) is 0 Å². The summed E-state index contributed by atoms with van der Waals surface area (Å²) in [5.74, 6) is -0.304. The fourth-order valence-electron chi connectivity index (χ4n) is 0.864. The fraction of sp³-hybridized carbons (Fsp3) is 0.333. The largest absolute Gasteiger partial charge is 0.398 e. The third-order valence-electron chi connectivity index (χ3n) is 1.56. The highest BCUT2D eigenvalue weighted by Gasteiger charge is 2.06. The number of nitrogens with two attached hydrogens (primary N) is 1. The monoisotopic (exact) mass is 201 g/mol. The van der Waals surface area contributed by atoms with Gasteiger partial charge >= 0.3 is 0 Å². The summed E-state index contributed by atoms with van der Waals surface area (Å²) in [4.78, 5) is 0.682. The Morgan fingerprint density at radius 3 is 2.92 bits per heavy atom. The minimum Gasteiger partial charge on any atom is -0.398 e. The number of benzene rings is 1. The maximum atomic E-state index is 12.8. The van der Waals surface area contributed by atoms with Crippen molar-refractivity contribution in [1.82, 2.24) is 0 Å². The highest BCUT2D eigenvalue weighted by molar-refractivity contribution is 8.00. The van der Waals surface area contributed by atoms with E-state index in [1.807, 2.05) is 6.92 Å². The van der Waals surface area contributed by atoms with E-state index in [9.17, 15) is 4.39 Å². The molecule has 3 N–H and O–H groups in total. The number of aliphatic hydroxyl groups excluding tert-OH is 1. The van der Waals surface area contributed by atoms with Crippen molar-refractivity contribution in [2.45, 2.75) is 17.1 Å². The van der Waals surface area contributed by atoms with Crippen LogP contribution in [-0.2, 0) is 0 Å². The van der Waals surface area contributed by atoms with E-state index in [1.165, 1.54) is 30.0 Å². The number of nitrogen functional groups attached to an aromatic ring is 1. The highest BCUT2D eigenvalue weighted by atomic mass is 32.2. The average molecular weight is 201 g/mol. The molecule has 1 aromatic carbocycles. The predicted octanol–water partition coefficient (Wildman–Crippen LogP) is 1.88. The molecule has 0 radical (unpaired) electrons. The van der Waals surface area contributed by atoms with Gasteiger partial charge in [-0.25, -0.2) is 4.39 Å². The Kier molecular flexibility index (Phi) is 3.57. The zero-order chi connectivity index (χ0) is 9.84. The lowest BCUT2D eigenvalue weighted by Crippen LogP contribution is -2.02. The Hall–Kier alpha value is -0.740. The molecule has 72 valence electrons. The van der Waals surface area contributed by atoms with Gasteiger partial charge in [0.15, 0.2) is 0 Å². The molecule has 0 aliphatic rings. The van der Waals surface area contributed by atoms with Gasteiger partial charge < -0.3 is 10.8 Å². The van der Waals surface area contributed by atoms with Crippen molar-refractivity contribution in [2.24, 2.45) is 0 Å². The highest BCUT2D eigenvalue weighted by Crippen LogP contribution is 2.28. The van der Waals surface area contributed by atoms with Crippen LogP contribution in [0.3, 0.4) is 0 Å². The second-order valence-electron chi connectivity index (χ2n) is 2.79. The van der Waals surface area contributed by atoms with Crippen LogP contribution in [0, 0.1) is 5.82 Å². The van der Waals surface area contributed by atoms with Crippen LogP contribution in [0.25, 0.3) is 0 Å². The molecule has 1 unspecified atom stereocenters. The second-order valence-corrected chi connectivity index (χ2v) is 4.27. The Bertz CT molecular complexity index is 293. The van der Waals surface area contributed by atoms with Gasteiger partial charge in [0.25, 0.3) is 0 Å². The summed E-state index contributed by atoms with van der Waals surface area (Å²) in [7, 11) is 0. The van der Waals surface area contributed by atoms with E-state index in [4.69, 9.17) is 10.8 Å². The summed E-state index contributed by atoms with van der Waals surface area (Å²) in [6.07, 6.45) is 0. The Balaban J connectivity index is 2.81. The lowest BCUT2D eigenvalue weighted by Gasteiger charge is -2.09. The second kappa shape index (κ2) is 4.48. The van der Waals surface area contributed by atoms with E-state index in [0.29, 0.717) is 10.6 Å². The molecule has 0 saturated carbocycles. The van der Waals surface area contributed by atoms with E-state index in [1.54, 1.807) is 0 Å². The molecule has 0 aliphatic heterocycles. The Morgan fingerprint density at radius 1 is 1.62 bits per heavy atom. The van der Waals surface area contributed by atoms with Crippen LogP contribution in [0.4, 0.5) is 10.1 Å². The molecule has 1 rings (SSSR count). The SMILES string of the molecule is CC(CO)Sc1cc(F)ccc1N.